The minimum absolute atomic E-state index is 0. The maximum Gasteiger partial charge on any atom is 1.00 e. The summed E-state index contributed by atoms with van der Waals surface area (Å²) in [5.41, 5.74) is 0. The van der Waals surface area contributed by atoms with Crippen LogP contribution < -0.4 is 56.3 Å². The number of rotatable bonds is 30. The molecule has 0 aromatic rings. The van der Waals surface area contributed by atoms with Gasteiger partial charge in [-0.3, -0.25) is 4.57 Å². The van der Waals surface area contributed by atoms with Gasteiger partial charge in [0.25, 0.3) is 7.82 Å². The smallest absolute Gasteiger partial charge is 0.756 e. The zero-order valence-corrected chi connectivity index (χ0v) is 28.6. The molecule has 0 saturated heterocycles. The molecule has 0 amide bonds. The van der Waals surface area contributed by atoms with E-state index in [2.05, 4.69) is 11.4 Å². The molecule has 0 rings (SSSR count). The van der Waals surface area contributed by atoms with Gasteiger partial charge in [-0.2, -0.15) is 0 Å². The van der Waals surface area contributed by atoms with E-state index in [9.17, 15) is 9.46 Å². The topological polar surface area (TPSA) is 69.6 Å². The summed E-state index contributed by atoms with van der Waals surface area (Å²) in [7, 11) is -4.52. The molecular formula is C30H62KO4P. The van der Waals surface area contributed by atoms with Gasteiger partial charge in [0.2, 0.25) is 0 Å². The van der Waals surface area contributed by atoms with E-state index in [1.165, 1.54) is 161 Å². The van der Waals surface area contributed by atoms with E-state index in [0.717, 1.165) is 12.8 Å². The second kappa shape index (κ2) is 33.0. The van der Waals surface area contributed by atoms with E-state index >= 15 is 0 Å². The van der Waals surface area contributed by atoms with Crippen LogP contribution in [0.5, 0.6) is 0 Å². The summed E-state index contributed by atoms with van der Waals surface area (Å²) in [5.74, 6) is 0. The molecule has 0 aromatic carbocycles. The predicted molar refractivity (Wildman–Crippen MR) is 151 cm³/mol. The molecule has 1 unspecified atom stereocenters. The van der Waals surface area contributed by atoms with Crippen molar-refractivity contribution in [3.8, 4) is 0 Å². The summed E-state index contributed by atoms with van der Waals surface area (Å²) in [5, 5.41) is 0. The van der Waals surface area contributed by atoms with Crippen molar-refractivity contribution in [2.45, 2.75) is 187 Å². The van der Waals surface area contributed by atoms with E-state index in [1.807, 2.05) is 0 Å². The van der Waals surface area contributed by atoms with Crippen molar-refractivity contribution >= 4 is 7.82 Å². The Morgan fingerprint density at radius 2 is 0.667 bits per heavy atom. The molecule has 0 aliphatic heterocycles. The van der Waals surface area contributed by atoms with Crippen LogP contribution in [-0.2, 0) is 9.09 Å². The third kappa shape index (κ3) is 37.9. The maximum atomic E-state index is 10.4. The van der Waals surface area contributed by atoms with E-state index in [0.29, 0.717) is 6.42 Å². The first kappa shape index (κ1) is 39.9. The van der Waals surface area contributed by atoms with Gasteiger partial charge in [-0.15, -0.1) is 0 Å². The second-order valence-corrected chi connectivity index (χ2v) is 12.0. The number of phosphoric acid groups is 1. The summed E-state index contributed by atoms with van der Waals surface area (Å²) in [6.45, 7) is 2.40. The summed E-state index contributed by atoms with van der Waals surface area (Å²) >= 11 is 0. The van der Waals surface area contributed by atoms with Gasteiger partial charge in [0.1, 0.15) is 0 Å². The first-order valence-corrected chi connectivity index (χ1v) is 17.2. The molecule has 0 fully saturated rings. The molecule has 6 heteroatoms. The van der Waals surface area contributed by atoms with Gasteiger partial charge in [0.15, 0.2) is 0 Å². The minimum atomic E-state index is -4.52. The van der Waals surface area contributed by atoms with E-state index in [-0.39, 0.29) is 58.0 Å². The molecule has 0 aliphatic carbocycles. The van der Waals surface area contributed by atoms with E-state index in [4.69, 9.17) is 4.89 Å². The van der Waals surface area contributed by atoms with Crippen molar-refractivity contribution in [3.63, 3.8) is 0 Å². The van der Waals surface area contributed by atoms with Crippen molar-refractivity contribution in [1.82, 2.24) is 0 Å². The van der Waals surface area contributed by atoms with Gasteiger partial charge < -0.3 is 14.3 Å². The van der Waals surface area contributed by atoms with Crippen LogP contribution in [0.2, 0.25) is 0 Å². The molecule has 0 bridgehead atoms. The van der Waals surface area contributed by atoms with Crippen LogP contribution in [0.1, 0.15) is 187 Å². The fraction of sp³-hybridized carbons (Fsp3) is 1.00. The second-order valence-electron chi connectivity index (χ2n) is 10.8. The quantitative estimate of drug-likeness (QED) is 0.0568. The molecule has 0 aromatic heterocycles. The number of hydrogen-bond donors (Lipinski definition) is 1. The van der Waals surface area contributed by atoms with Crippen molar-refractivity contribution in [3.05, 3.63) is 0 Å². The van der Waals surface area contributed by atoms with Gasteiger partial charge in [-0.1, -0.05) is 180 Å². The Bertz CT molecular complexity index is 445. The Hall–Kier alpha value is 1.75. The molecule has 0 radical (unpaired) electrons. The van der Waals surface area contributed by atoms with Crippen LogP contribution in [0, 0.1) is 0 Å². The fourth-order valence-electron chi connectivity index (χ4n) is 4.95. The molecule has 1 N–H and O–H groups in total. The number of hydrogen-bond acceptors (Lipinski definition) is 3. The number of unbranched alkanes of at least 4 members (excludes halogenated alkanes) is 27. The van der Waals surface area contributed by atoms with Gasteiger partial charge >= 0.3 is 51.4 Å². The normalized spacial score (nSPS) is 13.0. The standard InChI is InChI=1S/C30H63O4P.K/c1-2-3-4-5-6-7-8-9-10-11-12-13-14-15-16-17-18-19-20-21-22-23-24-25-26-27-28-29-30-34-35(31,32)33;/h2-30H2,1H3,(H2,31,32,33);/q;+1/p-1. The average molecular weight is 557 g/mol. The molecule has 0 aliphatic rings. The average Bonchev–Trinajstić information content (AvgIpc) is 2.82. The molecule has 0 spiro atoms. The van der Waals surface area contributed by atoms with Crippen LogP contribution in [0.3, 0.4) is 0 Å². The Labute approximate surface area is 268 Å². The Morgan fingerprint density at radius 1 is 0.472 bits per heavy atom. The van der Waals surface area contributed by atoms with Gasteiger partial charge in [0, 0.05) is 0 Å². The third-order valence-corrected chi connectivity index (χ3v) is 7.76. The summed E-state index contributed by atoms with van der Waals surface area (Å²) in [6, 6.07) is 0. The zero-order chi connectivity index (χ0) is 25.7. The van der Waals surface area contributed by atoms with Crippen LogP contribution in [0.25, 0.3) is 0 Å². The number of phosphoric ester groups is 1. The summed E-state index contributed by atoms with van der Waals surface area (Å²) < 4.78 is 14.8. The third-order valence-electron chi connectivity index (χ3n) is 7.25. The molecule has 0 saturated carbocycles. The minimum Gasteiger partial charge on any atom is -0.756 e. The van der Waals surface area contributed by atoms with Crippen molar-refractivity contribution < 1.29 is 70.3 Å². The van der Waals surface area contributed by atoms with E-state index < -0.39 is 7.82 Å². The van der Waals surface area contributed by atoms with Crippen LogP contribution in [-0.4, -0.2) is 11.5 Å². The Morgan fingerprint density at radius 3 is 0.861 bits per heavy atom. The molecule has 212 valence electrons. The van der Waals surface area contributed by atoms with Crippen molar-refractivity contribution in [2.24, 2.45) is 0 Å². The van der Waals surface area contributed by atoms with E-state index in [1.54, 1.807) is 0 Å². The van der Waals surface area contributed by atoms with Crippen molar-refractivity contribution in [1.29, 1.82) is 0 Å². The van der Waals surface area contributed by atoms with Gasteiger partial charge in [-0.05, 0) is 6.42 Å². The first-order valence-electron chi connectivity index (χ1n) is 15.7. The predicted octanol–water partition coefficient (Wildman–Crippen LogP) is 7.41. The molecule has 4 nitrogen and oxygen atoms in total. The SMILES string of the molecule is CCCCCCCCCCCCCCCCCCCCCCCCCCCCCCOP(=O)([O-])O.[K+]. The summed E-state index contributed by atoms with van der Waals surface area (Å²) in [6.07, 6.45) is 38.2. The van der Waals surface area contributed by atoms with Crippen LogP contribution in [0.15, 0.2) is 0 Å². The van der Waals surface area contributed by atoms with Crippen LogP contribution in [0.4, 0.5) is 0 Å². The Kier molecular flexibility index (Phi) is 36.5. The largest absolute Gasteiger partial charge is 1.00 e. The maximum absolute atomic E-state index is 10.4. The fourth-order valence-corrected chi connectivity index (χ4v) is 5.31. The summed E-state index contributed by atoms with van der Waals surface area (Å²) in [4.78, 5) is 18.9. The Balaban J connectivity index is 0. The van der Waals surface area contributed by atoms with Crippen molar-refractivity contribution in [2.75, 3.05) is 6.61 Å². The zero-order valence-electron chi connectivity index (χ0n) is 24.6. The molecule has 1 atom stereocenters. The van der Waals surface area contributed by atoms with Gasteiger partial charge in [0.05, 0.1) is 6.61 Å². The van der Waals surface area contributed by atoms with Crippen LogP contribution >= 0.6 is 7.82 Å². The molecule has 0 heterocycles. The monoisotopic (exact) mass is 556 g/mol. The van der Waals surface area contributed by atoms with Gasteiger partial charge in [-0.25, -0.2) is 0 Å². The molecule has 36 heavy (non-hydrogen) atoms. The first-order chi connectivity index (χ1) is 17.1. The molecular weight excluding hydrogens is 494 g/mol.